The van der Waals surface area contributed by atoms with Gasteiger partial charge in [-0.05, 0) is 29.3 Å². The van der Waals surface area contributed by atoms with E-state index in [-0.39, 0.29) is 17.5 Å². The van der Waals surface area contributed by atoms with Crippen LogP contribution in [0.25, 0.3) is 0 Å². The molecule has 0 unspecified atom stereocenters. The molecule has 158 valence electrons. The molecule has 2 aromatic carbocycles. The summed E-state index contributed by atoms with van der Waals surface area (Å²) in [7, 11) is 3.24. The molecule has 0 bridgehead atoms. The lowest BCUT2D eigenvalue weighted by atomic mass is 9.87. The number of hydrogen-bond donors (Lipinski definition) is 1. The molecule has 1 N–H and O–H groups in total. The zero-order chi connectivity index (χ0) is 21.1. The molecule has 7 heteroatoms. The number of rotatable bonds is 7. The number of nitrogens with zero attached hydrogens (tertiary/aromatic N) is 2. The predicted octanol–water partition coefficient (Wildman–Crippen LogP) is 4.75. The van der Waals surface area contributed by atoms with Gasteiger partial charge in [0.1, 0.15) is 5.69 Å². The van der Waals surface area contributed by atoms with Crippen molar-refractivity contribution in [2.75, 3.05) is 27.3 Å². The van der Waals surface area contributed by atoms with Crippen LogP contribution in [0.4, 0.5) is 8.78 Å². The molecule has 0 saturated carbocycles. The number of aromatic amines is 1. The third-order valence-electron chi connectivity index (χ3n) is 5.72. The number of alkyl halides is 2. The molecule has 0 spiro atoms. The van der Waals surface area contributed by atoms with Gasteiger partial charge in [0.05, 0.1) is 14.2 Å². The van der Waals surface area contributed by atoms with Crippen molar-refractivity contribution in [2.24, 2.45) is 0 Å². The van der Waals surface area contributed by atoms with Crippen molar-refractivity contribution in [1.29, 1.82) is 0 Å². The topological polar surface area (TPSA) is 50.4 Å². The zero-order valence-electron chi connectivity index (χ0n) is 17.0. The summed E-state index contributed by atoms with van der Waals surface area (Å²) in [6, 6.07) is 17.6. The molecule has 3 aromatic rings. The van der Waals surface area contributed by atoms with Crippen LogP contribution in [0.1, 0.15) is 40.8 Å². The first-order valence-electron chi connectivity index (χ1n) is 9.90. The summed E-state index contributed by atoms with van der Waals surface area (Å²) >= 11 is 0. The van der Waals surface area contributed by atoms with Crippen LogP contribution in [0.5, 0.6) is 11.5 Å². The molecule has 5 nitrogen and oxygen atoms in total. The monoisotopic (exact) mass is 413 g/mol. The standard InChI is InChI=1S/C23H25F2N3O2/c1-29-21-9-8-15(10-22(21)30-2)12-28-13-17(16-6-4-3-5-7-16)18(14-28)19-11-20(23(24)25)27-26-19/h3-11,17-18,23H,12-14H2,1-2H3,(H,26,27)/t17-,18+/m0/s1. The van der Waals surface area contributed by atoms with E-state index in [1.54, 1.807) is 14.2 Å². The smallest absolute Gasteiger partial charge is 0.282 e. The van der Waals surface area contributed by atoms with Crippen molar-refractivity contribution in [1.82, 2.24) is 15.1 Å². The van der Waals surface area contributed by atoms with E-state index in [0.717, 1.165) is 30.9 Å². The van der Waals surface area contributed by atoms with Gasteiger partial charge in [-0.2, -0.15) is 5.10 Å². The fourth-order valence-electron chi connectivity index (χ4n) is 4.26. The minimum absolute atomic E-state index is 0.0625. The summed E-state index contributed by atoms with van der Waals surface area (Å²) in [6.07, 6.45) is -2.57. The number of halogens is 2. The first kappa shape index (κ1) is 20.3. The van der Waals surface area contributed by atoms with Crippen LogP contribution in [-0.2, 0) is 6.54 Å². The van der Waals surface area contributed by atoms with E-state index in [9.17, 15) is 8.78 Å². The van der Waals surface area contributed by atoms with Crippen molar-refractivity contribution in [3.8, 4) is 11.5 Å². The van der Waals surface area contributed by atoms with Crippen molar-refractivity contribution < 1.29 is 18.3 Å². The lowest BCUT2D eigenvalue weighted by molar-refractivity contribution is 0.146. The number of hydrogen-bond acceptors (Lipinski definition) is 4. The van der Waals surface area contributed by atoms with Crippen LogP contribution >= 0.6 is 0 Å². The number of ether oxygens (including phenoxy) is 2. The van der Waals surface area contributed by atoms with Gasteiger partial charge in [-0.3, -0.25) is 10.00 Å². The maximum absolute atomic E-state index is 13.1. The minimum atomic E-state index is -2.57. The molecular weight excluding hydrogens is 388 g/mol. The molecular formula is C23H25F2N3O2. The highest BCUT2D eigenvalue weighted by Crippen LogP contribution is 2.40. The number of aromatic nitrogens is 2. The Labute approximate surface area is 174 Å². The molecule has 1 aliphatic rings. The van der Waals surface area contributed by atoms with Crippen molar-refractivity contribution in [2.45, 2.75) is 24.8 Å². The molecule has 1 aliphatic heterocycles. The number of benzene rings is 2. The second kappa shape index (κ2) is 8.83. The van der Waals surface area contributed by atoms with E-state index in [2.05, 4.69) is 27.2 Å². The van der Waals surface area contributed by atoms with E-state index in [1.807, 2.05) is 36.4 Å². The molecule has 1 fully saturated rings. The van der Waals surface area contributed by atoms with Gasteiger partial charge in [-0.1, -0.05) is 36.4 Å². The SMILES string of the molecule is COc1ccc(CN2C[C@@H](c3ccccc3)[C@H](c3cc(C(F)F)n[nH]3)C2)cc1OC. The molecule has 2 heterocycles. The van der Waals surface area contributed by atoms with Crippen LogP contribution in [0, 0.1) is 0 Å². The fraction of sp³-hybridized carbons (Fsp3) is 0.348. The average Bonchev–Trinajstić information content (AvgIpc) is 3.41. The van der Waals surface area contributed by atoms with E-state index >= 15 is 0 Å². The Hall–Kier alpha value is -2.93. The van der Waals surface area contributed by atoms with E-state index in [1.165, 1.54) is 11.6 Å². The van der Waals surface area contributed by atoms with Gasteiger partial charge in [0.15, 0.2) is 11.5 Å². The van der Waals surface area contributed by atoms with Gasteiger partial charge in [-0.15, -0.1) is 0 Å². The highest BCUT2D eigenvalue weighted by molar-refractivity contribution is 5.43. The van der Waals surface area contributed by atoms with Crippen LogP contribution < -0.4 is 9.47 Å². The van der Waals surface area contributed by atoms with Gasteiger partial charge in [0.2, 0.25) is 0 Å². The van der Waals surface area contributed by atoms with Crippen LogP contribution in [0.3, 0.4) is 0 Å². The number of nitrogens with one attached hydrogen (secondary N) is 1. The first-order valence-corrected chi connectivity index (χ1v) is 9.90. The van der Waals surface area contributed by atoms with Crippen molar-refractivity contribution in [3.63, 3.8) is 0 Å². The van der Waals surface area contributed by atoms with E-state index < -0.39 is 6.43 Å². The highest BCUT2D eigenvalue weighted by atomic mass is 19.3. The Morgan fingerprint density at radius 1 is 1.00 bits per heavy atom. The zero-order valence-corrected chi connectivity index (χ0v) is 17.0. The number of methoxy groups -OCH3 is 2. The number of likely N-dealkylation sites (tertiary alicyclic amines) is 1. The Morgan fingerprint density at radius 2 is 1.73 bits per heavy atom. The molecule has 30 heavy (non-hydrogen) atoms. The molecule has 0 amide bonds. The van der Waals surface area contributed by atoms with E-state index in [0.29, 0.717) is 11.5 Å². The first-order chi connectivity index (χ1) is 14.6. The van der Waals surface area contributed by atoms with Gasteiger partial charge in [0.25, 0.3) is 6.43 Å². The Bertz CT molecular complexity index is 978. The van der Waals surface area contributed by atoms with Gasteiger partial charge < -0.3 is 9.47 Å². The second-order valence-corrected chi connectivity index (χ2v) is 7.56. The van der Waals surface area contributed by atoms with Gasteiger partial charge >= 0.3 is 0 Å². The molecule has 1 saturated heterocycles. The summed E-state index contributed by atoms with van der Waals surface area (Å²) in [5, 5.41) is 6.67. The largest absolute Gasteiger partial charge is 0.493 e. The summed E-state index contributed by atoms with van der Waals surface area (Å²) in [4.78, 5) is 2.34. The van der Waals surface area contributed by atoms with Gasteiger partial charge in [0, 0.05) is 37.2 Å². The lowest BCUT2D eigenvalue weighted by Gasteiger charge is -2.17. The van der Waals surface area contributed by atoms with Crippen molar-refractivity contribution >= 4 is 0 Å². The minimum Gasteiger partial charge on any atom is -0.493 e. The molecule has 0 radical (unpaired) electrons. The van der Waals surface area contributed by atoms with Crippen LogP contribution in [-0.4, -0.2) is 42.4 Å². The second-order valence-electron chi connectivity index (χ2n) is 7.56. The number of H-pyrrole nitrogens is 1. The molecule has 2 atom stereocenters. The molecule has 4 rings (SSSR count). The fourth-order valence-corrected chi connectivity index (χ4v) is 4.26. The van der Waals surface area contributed by atoms with Crippen LogP contribution in [0.15, 0.2) is 54.6 Å². The predicted molar refractivity (Wildman–Crippen MR) is 110 cm³/mol. The average molecular weight is 413 g/mol. The lowest BCUT2D eigenvalue weighted by Crippen LogP contribution is -2.20. The molecule has 0 aliphatic carbocycles. The van der Waals surface area contributed by atoms with E-state index in [4.69, 9.17) is 9.47 Å². The Kier molecular flexibility index (Phi) is 5.99. The third-order valence-corrected chi connectivity index (χ3v) is 5.72. The Morgan fingerprint density at radius 3 is 2.40 bits per heavy atom. The third kappa shape index (κ3) is 4.16. The molecule has 1 aromatic heterocycles. The quantitative estimate of drug-likeness (QED) is 0.608. The maximum atomic E-state index is 13.1. The van der Waals surface area contributed by atoms with Gasteiger partial charge in [-0.25, -0.2) is 8.78 Å². The summed E-state index contributed by atoms with van der Waals surface area (Å²) < 4.78 is 36.9. The Balaban J connectivity index is 1.58. The summed E-state index contributed by atoms with van der Waals surface area (Å²) in [6.45, 7) is 2.31. The summed E-state index contributed by atoms with van der Waals surface area (Å²) in [5.41, 5.74) is 2.87. The van der Waals surface area contributed by atoms with Crippen molar-refractivity contribution in [3.05, 3.63) is 77.1 Å². The maximum Gasteiger partial charge on any atom is 0.282 e. The van der Waals surface area contributed by atoms with Crippen LogP contribution in [0.2, 0.25) is 0 Å². The normalized spacial score (nSPS) is 19.4. The highest BCUT2D eigenvalue weighted by Gasteiger charge is 2.36. The summed E-state index contributed by atoms with van der Waals surface area (Å²) in [5.74, 6) is 1.64.